The number of alkyl halides is 3. The highest BCUT2D eigenvalue weighted by Crippen LogP contribution is 2.28. The number of piperidine rings is 1. The van der Waals surface area contributed by atoms with Gasteiger partial charge in [0, 0.05) is 37.6 Å². The number of ether oxygens (including phenoxy) is 4. The number of likely N-dealkylation sites (tertiary alicyclic amines) is 1. The third-order valence-corrected chi connectivity index (χ3v) is 7.76. The average molecular weight is 625 g/mol. The van der Waals surface area contributed by atoms with Gasteiger partial charge in [0.15, 0.2) is 0 Å². The van der Waals surface area contributed by atoms with E-state index in [9.17, 15) is 23.3 Å². The van der Waals surface area contributed by atoms with Crippen LogP contribution in [0.1, 0.15) is 24.8 Å². The summed E-state index contributed by atoms with van der Waals surface area (Å²) in [7, 11) is 0. The lowest BCUT2D eigenvalue weighted by Gasteiger charge is -2.32. The Morgan fingerprint density at radius 1 is 0.867 bits per heavy atom. The SMILES string of the molecule is O=[N+]([O-])c1cn2c(n1)O[C@@H](COc1ccc(-c3ccc(CN4CCC(Oc5ccc(OC(F)(F)F)cc5)CC4)cc3)cc1)CC2. The number of hydrogen-bond donors (Lipinski definition) is 0. The van der Waals surface area contributed by atoms with Gasteiger partial charge in [-0.15, -0.1) is 13.2 Å². The van der Waals surface area contributed by atoms with Crippen molar-refractivity contribution in [2.75, 3.05) is 19.7 Å². The highest BCUT2D eigenvalue weighted by molar-refractivity contribution is 5.64. The molecule has 1 saturated heterocycles. The molecule has 0 amide bonds. The van der Waals surface area contributed by atoms with Crippen LogP contribution in [0.4, 0.5) is 19.0 Å². The van der Waals surface area contributed by atoms with Crippen LogP contribution in [-0.4, -0.2) is 57.6 Å². The number of nitro groups is 1. The van der Waals surface area contributed by atoms with Crippen LogP contribution < -0.4 is 18.9 Å². The number of fused-ring (bicyclic) bond motifs is 1. The zero-order valence-corrected chi connectivity index (χ0v) is 24.2. The van der Waals surface area contributed by atoms with Crippen LogP contribution in [0.2, 0.25) is 0 Å². The first-order valence-corrected chi connectivity index (χ1v) is 14.6. The van der Waals surface area contributed by atoms with Crippen molar-refractivity contribution in [3.63, 3.8) is 0 Å². The number of rotatable bonds is 10. The molecule has 0 unspecified atom stereocenters. The quantitative estimate of drug-likeness (QED) is 0.143. The largest absolute Gasteiger partial charge is 0.573 e. The predicted octanol–water partition coefficient (Wildman–Crippen LogP) is 6.63. The highest BCUT2D eigenvalue weighted by Gasteiger charge is 2.31. The van der Waals surface area contributed by atoms with Gasteiger partial charge in [0.25, 0.3) is 0 Å². The number of imidazole rings is 1. The molecule has 3 aromatic carbocycles. The molecular formula is C32H31F3N4O6. The monoisotopic (exact) mass is 624 g/mol. The van der Waals surface area contributed by atoms with Crippen molar-refractivity contribution >= 4 is 5.82 Å². The molecule has 236 valence electrons. The summed E-state index contributed by atoms with van der Waals surface area (Å²) in [6.07, 6.45) is -1.25. The van der Waals surface area contributed by atoms with Crippen LogP contribution in [0.15, 0.2) is 79.0 Å². The smallest absolute Gasteiger partial charge is 0.490 e. The molecule has 1 aromatic heterocycles. The molecular weight excluding hydrogens is 593 g/mol. The summed E-state index contributed by atoms with van der Waals surface area (Å²) in [5.41, 5.74) is 3.36. The molecule has 2 aliphatic rings. The Kier molecular flexibility index (Phi) is 8.78. The van der Waals surface area contributed by atoms with Crippen molar-refractivity contribution < 1.29 is 37.0 Å². The van der Waals surface area contributed by atoms with Crippen LogP contribution in [0.25, 0.3) is 11.1 Å². The maximum atomic E-state index is 12.4. The van der Waals surface area contributed by atoms with Gasteiger partial charge >= 0.3 is 18.2 Å². The van der Waals surface area contributed by atoms with Gasteiger partial charge in [0.1, 0.15) is 42.3 Å². The van der Waals surface area contributed by atoms with Gasteiger partial charge in [-0.1, -0.05) is 36.4 Å². The molecule has 0 bridgehead atoms. The minimum Gasteiger partial charge on any atom is -0.490 e. The lowest BCUT2D eigenvalue weighted by Crippen LogP contribution is -2.37. The van der Waals surface area contributed by atoms with Crippen LogP contribution >= 0.6 is 0 Å². The van der Waals surface area contributed by atoms with Gasteiger partial charge in [0.05, 0.1) is 0 Å². The van der Waals surface area contributed by atoms with Crippen LogP contribution in [0.5, 0.6) is 23.3 Å². The highest BCUT2D eigenvalue weighted by atomic mass is 19.4. The van der Waals surface area contributed by atoms with Gasteiger partial charge in [-0.25, -0.2) is 0 Å². The maximum Gasteiger partial charge on any atom is 0.573 e. The Hall–Kier alpha value is -4.78. The molecule has 0 saturated carbocycles. The van der Waals surface area contributed by atoms with Crippen molar-refractivity contribution in [2.24, 2.45) is 0 Å². The number of aryl methyl sites for hydroxylation is 1. The number of halogens is 3. The lowest BCUT2D eigenvalue weighted by molar-refractivity contribution is -0.389. The minimum absolute atomic E-state index is 0.00786. The molecule has 3 heterocycles. The Morgan fingerprint density at radius 2 is 1.49 bits per heavy atom. The second-order valence-corrected chi connectivity index (χ2v) is 11.0. The standard InChI is InChI=1S/C32H31F3N4O6/c33-32(34,35)45-28-11-9-26(10-12-28)43-27-13-16-37(17-14-27)19-22-1-3-23(4-2-22)24-5-7-25(8-6-24)42-21-29-15-18-38-20-30(39(40)41)36-31(38)44-29/h1-12,20,27,29H,13-19,21H2/t29-/m1/s1. The molecule has 13 heteroatoms. The molecule has 10 nitrogen and oxygen atoms in total. The third kappa shape index (κ3) is 8.04. The zero-order chi connectivity index (χ0) is 31.4. The molecule has 2 aliphatic heterocycles. The molecule has 1 atom stereocenters. The number of aromatic nitrogens is 2. The predicted molar refractivity (Wildman–Crippen MR) is 157 cm³/mol. The van der Waals surface area contributed by atoms with E-state index in [2.05, 4.69) is 38.9 Å². The number of hydrogen-bond acceptors (Lipinski definition) is 8. The Morgan fingerprint density at radius 3 is 2.13 bits per heavy atom. The van der Waals surface area contributed by atoms with E-state index in [4.69, 9.17) is 14.2 Å². The van der Waals surface area contributed by atoms with E-state index in [1.165, 1.54) is 36.0 Å². The van der Waals surface area contributed by atoms with Crippen molar-refractivity contribution in [1.29, 1.82) is 0 Å². The second kappa shape index (κ2) is 13.1. The van der Waals surface area contributed by atoms with Crippen LogP contribution in [-0.2, 0) is 13.1 Å². The summed E-state index contributed by atoms with van der Waals surface area (Å²) in [4.78, 5) is 16.7. The van der Waals surface area contributed by atoms with E-state index in [0.29, 0.717) is 31.1 Å². The topological polar surface area (TPSA) is 101 Å². The summed E-state index contributed by atoms with van der Waals surface area (Å²) in [5.74, 6) is 0.742. The fraction of sp³-hybridized carbons (Fsp3) is 0.344. The van der Waals surface area contributed by atoms with E-state index in [-0.39, 0.29) is 29.8 Å². The van der Waals surface area contributed by atoms with Gasteiger partial charge in [-0.05, 0) is 70.9 Å². The summed E-state index contributed by atoms with van der Waals surface area (Å²) in [6, 6.07) is 22.0. The molecule has 0 spiro atoms. The van der Waals surface area contributed by atoms with Crippen molar-refractivity contribution in [3.05, 3.63) is 94.7 Å². The van der Waals surface area contributed by atoms with E-state index in [1.807, 2.05) is 24.3 Å². The fourth-order valence-corrected chi connectivity index (χ4v) is 5.43. The average Bonchev–Trinajstić information content (AvgIpc) is 3.46. The molecule has 6 rings (SSSR count). The summed E-state index contributed by atoms with van der Waals surface area (Å²) >= 11 is 0. The third-order valence-electron chi connectivity index (χ3n) is 7.76. The number of nitrogens with zero attached hydrogens (tertiary/aromatic N) is 4. The van der Waals surface area contributed by atoms with Crippen LogP contribution in [0, 0.1) is 10.1 Å². The number of benzene rings is 3. The molecule has 4 aromatic rings. The van der Waals surface area contributed by atoms with Crippen molar-refractivity contribution in [1.82, 2.24) is 14.5 Å². The summed E-state index contributed by atoms with van der Waals surface area (Å²) < 4.78 is 60.3. The Balaban J connectivity index is 0.934. The molecule has 0 N–H and O–H groups in total. The zero-order valence-electron chi connectivity index (χ0n) is 24.2. The van der Waals surface area contributed by atoms with E-state index in [1.54, 1.807) is 4.57 Å². The Bertz CT molecular complexity index is 1590. The lowest BCUT2D eigenvalue weighted by atomic mass is 10.0. The van der Waals surface area contributed by atoms with Gasteiger partial charge in [0.2, 0.25) is 0 Å². The van der Waals surface area contributed by atoms with Crippen molar-refractivity contribution in [2.45, 2.75) is 50.9 Å². The molecule has 45 heavy (non-hydrogen) atoms. The van der Waals surface area contributed by atoms with Gasteiger partial charge < -0.3 is 29.1 Å². The molecule has 1 fully saturated rings. The summed E-state index contributed by atoms with van der Waals surface area (Å²) in [5, 5.41) is 10.9. The minimum atomic E-state index is -4.71. The summed E-state index contributed by atoms with van der Waals surface area (Å²) in [6.45, 7) is 3.43. The Labute approximate surface area is 257 Å². The van der Waals surface area contributed by atoms with E-state index < -0.39 is 11.3 Å². The fourth-order valence-electron chi connectivity index (χ4n) is 5.43. The van der Waals surface area contributed by atoms with Gasteiger partial charge in [-0.2, -0.15) is 0 Å². The normalized spacial score (nSPS) is 17.3. The molecule has 0 radical (unpaired) electrons. The first-order valence-electron chi connectivity index (χ1n) is 14.6. The first-order chi connectivity index (χ1) is 21.7. The van der Waals surface area contributed by atoms with E-state index >= 15 is 0 Å². The van der Waals surface area contributed by atoms with Crippen LogP contribution in [0.3, 0.4) is 0 Å². The second-order valence-electron chi connectivity index (χ2n) is 11.0. The van der Waals surface area contributed by atoms with E-state index in [0.717, 1.165) is 43.6 Å². The van der Waals surface area contributed by atoms with Gasteiger partial charge in [-0.3, -0.25) is 9.47 Å². The maximum absolute atomic E-state index is 12.4. The first kappa shape index (κ1) is 30.3. The van der Waals surface area contributed by atoms with Crippen molar-refractivity contribution in [3.8, 4) is 34.4 Å². The molecule has 0 aliphatic carbocycles.